The molecule has 0 saturated carbocycles. The van der Waals surface area contributed by atoms with E-state index in [1.807, 2.05) is 19.2 Å². The van der Waals surface area contributed by atoms with Crippen molar-refractivity contribution in [3.05, 3.63) is 23.4 Å². The van der Waals surface area contributed by atoms with E-state index >= 15 is 0 Å². The van der Waals surface area contributed by atoms with Gasteiger partial charge in [-0.15, -0.1) is 0 Å². The second-order valence-corrected chi connectivity index (χ2v) is 4.71. The largest absolute Gasteiger partial charge is 0.496 e. The third-order valence-electron chi connectivity index (χ3n) is 3.78. The van der Waals surface area contributed by atoms with Gasteiger partial charge in [0.1, 0.15) is 17.0 Å². The summed E-state index contributed by atoms with van der Waals surface area (Å²) in [6, 6.07) is 3.85. The molecule has 0 fully saturated rings. The van der Waals surface area contributed by atoms with Crippen LogP contribution in [0.25, 0.3) is 10.9 Å². The van der Waals surface area contributed by atoms with Crippen molar-refractivity contribution in [2.24, 2.45) is 0 Å². The van der Waals surface area contributed by atoms with Gasteiger partial charge in [-0.2, -0.15) is 0 Å². The maximum absolute atomic E-state index is 5.49. The van der Waals surface area contributed by atoms with Crippen LogP contribution in [0.4, 0.5) is 5.69 Å². The average Bonchev–Trinajstić information content (AvgIpc) is 2.91. The molecule has 4 nitrogen and oxygen atoms in total. The van der Waals surface area contributed by atoms with Crippen molar-refractivity contribution >= 4 is 16.6 Å². The Balaban J connectivity index is 2.44. The van der Waals surface area contributed by atoms with E-state index < -0.39 is 0 Å². The molecule has 0 amide bonds. The third-order valence-corrected chi connectivity index (χ3v) is 3.78. The van der Waals surface area contributed by atoms with Crippen LogP contribution in [0.5, 0.6) is 11.5 Å². The lowest BCUT2D eigenvalue weighted by Gasteiger charge is -2.16. The molecule has 0 bridgehead atoms. The minimum absolute atomic E-state index is 0.794. The van der Waals surface area contributed by atoms with E-state index in [9.17, 15) is 0 Å². The molecule has 0 radical (unpaired) electrons. The molecule has 1 heterocycles. The summed E-state index contributed by atoms with van der Waals surface area (Å²) in [5.41, 5.74) is 4.52. The van der Waals surface area contributed by atoms with Crippen LogP contribution >= 0.6 is 0 Å². The van der Waals surface area contributed by atoms with Crippen LogP contribution in [0, 0.1) is 0 Å². The van der Waals surface area contributed by atoms with Gasteiger partial charge in [-0.3, -0.25) is 0 Å². The quantitative estimate of drug-likeness (QED) is 0.919. The maximum Gasteiger partial charge on any atom is 0.145 e. The lowest BCUT2D eigenvalue weighted by molar-refractivity contribution is 0.410. The summed E-state index contributed by atoms with van der Waals surface area (Å²) < 4.78 is 10.9. The topological polar surface area (TPSA) is 43.4 Å². The summed E-state index contributed by atoms with van der Waals surface area (Å²) in [7, 11) is 5.31. The first kappa shape index (κ1) is 12.1. The van der Waals surface area contributed by atoms with Crippen LogP contribution in [0.2, 0.25) is 0 Å². The highest BCUT2D eigenvalue weighted by Gasteiger charge is 2.22. The summed E-state index contributed by atoms with van der Waals surface area (Å²) in [4.78, 5) is 4.80. The zero-order chi connectivity index (χ0) is 13.4. The molecular formula is C15H18N2O2. The van der Waals surface area contributed by atoms with Crippen LogP contribution in [0.15, 0.2) is 12.1 Å². The number of methoxy groups -OCH3 is 2. The number of anilines is 1. The van der Waals surface area contributed by atoms with Gasteiger partial charge in [-0.05, 0) is 37.0 Å². The number of nitrogens with zero attached hydrogens (tertiary/aromatic N) is 1. The van der Waals surface area contributed by atoms with Crippen molar-refractivity contribution in [1.82, 2.24) is 4.98 Å². The van der Waals surface area contributed by atoms with Crippen molar-refractivity contribution in [3.8, 4) is 11.5 Å². The zero-order valence-electron chi connectivity index (χ0n) is 11.5. The Kier molecular flexibility index (Phi) is 2.93. The molecule has 1 aromatic heterocycles. The summed E-state index contributed by atoms with van der Waals surface area (Å²) in [5, 5.41) is 4.34. The molecule has 0 unspecified atom stereocenters. The minimum Gasteiger partial charge on any atom is -0.496 e. The Morgan fingerprint density at radius 1 is 1.11 bits per heavy atom. The molecule has 3 rings (SSSR count). The molecule has 0 saturated heterocycles. The Morgan fingerprint density at radius 3 is 2.53 bits per heavy atom. The summed E-state index contributed by atoms with van der Waals surface area (Å²) in [6.45, 7) is 0. The summed E-state index contributed by atoms with van der Waals surface area (Å²) >= 11 is 0. The number of benzene rings is 1. The Labute approximate surface area is 112 Å². The van der Waals surface area contributed by atoms with E-state index in [1.165, 1.54) is 11.3 Å². The van der Waals surface area contributed by atoms with Gasteiger partial charge in [0.2, 0.25) is 0 Å². The smallest absolute Gasteiger partial charge is 0.145 e. The fraction of sp³-hybridized carbons (Fsp3) is 0.400. The highest BCUT2D eigenvalue weighted by atomic mass is 16.5. The van der Waals surface area contributed by atoms with Gasteiger partial charge in [0.05, 0.1) is 25.3 Å². The molecule has 1 N–H and O–H groups in total. The summed E-state index contributed by atoms with van der Waals surface area (Å²) in [5.74, 6) is 1.63. The van der Waals surface area contributed by atoms with Crippen LogP contribution in [-0.4, -0.2) is 26.3 Å². The van der Waals surface area contributed by atoms with Crippen molar-refractivity contribution < 1.29 is 9.47 Å². The average molecular weight is 258 g/mol. The fourth-order valence-corrected chi connectivity index (χ4v) is 2.92. The van der Waals surface area contributed by atoms with Gasteiger partial charge in [-0.1, -0.05) is 0 Å². The van der Waals surface area contributed by atoms with Gasteiger partial charge in [-0.25, -0.2) is 4.98 Å². The molecule has 0 atom stereocenters. The number of hydrogen-bond acceptors (Lipinski definition) is 4. The van der Waals surface area contributed by atoms with Gasteiger partial charge >= 0.3 is 0 Å². The first-order valence-corrected chi connectivity index (χ1v) is 6.54. The molecular weight excluding hydrogens is 240 g/mol. The maximum atomic E-state index is 5.49. The van der Waals surface area contributed by atoms with E-state index in [0.29, 0.717) is 0 Å². The Bertz CT molecular complexity index is 638. The molecule has 0 spiro atoms. The molecule has 2 aromatic rings. The van der Waals surface area contributed by atoms with Crippen molar-refractivity contribution in [2.45, 2.75) is 19.3 Å². The molecule has 4 heteroatoms. The van der Waals surface area contributed by atoms with Crippen LogP contribution in [-0.2, 0) is 12.8 Å². The SMILES string of the molecule is CNc1c2c(nc3c(OC)ccc(OC)c13)CCC2. The highest BCUT2D eigenvalue weighted by Crippen LogP contribution is 2.41. The monoisotopic (exact) mass is 258 g/mol. The van der Waals surface area contributed by atoms with Crippen LogP contribution in [0.1, 0.15) is 17.7 Å². The van der Waals surface area contributed by atoms with Crippen molar-refractivity contribution in [3.63, 3.8) is 0 Å². The zero-order valence-corrected chi connectivity index (χ0v) is 11.5. The second-order valence-electron chi connectivity index (χ2n) is 4.71. The number of rotatable bonds is 3. The van der Waals surface area contributed by atoms with E-state index in [4.69, 9.17) is 14.5 Å². The number of aryl methyl sites for hydroxylation is 1. The van der Waals surface area contributed by atoms with Gasteiger partial charge < -0.3 is 14.8 Å². The van der Waals surface area contributed by atoms with Gasteiger partial charge in [0, 0.05) is 12.7 Å². The van der Waals surface area contributed by atoms with E-state index in [-0.39, 0.29) is 0 Å². The molecule has 1 aromatic carbocycles. The van der Waals surface area contributed by atoms with E-state index in [2.05, 4.69) is 5.32 Å². The van der Waals surface area contributed by atoms with E-state index in [0.717, 1.165) is 47.4 Å². The first-order chi connectivity index (χ1) is 9.30. The fourth-order valence-electron chi connectivity index (χ4n) is 2.92. The van der Waals surface area contributed by atoms with Crippen LogP contribution < -0.4 is 14.8 Å². The number of hydrogen-bond donors (Lipinski definition) is 1. The van der Waals surface area contributed by atoms with Gasteiger partial charge in [0.25, 0.3) is 0 Å². The molecule has 1 aliphatic rings. The predicted octanol–water partition coefficient (Wildman–Crippen LogP) is 2.78. The second kappa shape index (κ2) is 4.61. The van der Waals surface area contributed by atoms with Crippen molar-refractivity contribution in [2.75, 3.05) is 26.6 Å². The first-order valence-electron chi connectivity index (χ1n) is 6.54. The van der Waals surface area contributed by atoms with Gasteiger partial charge in [0.15, 0.2) is 0 Å². The molecule has 100 valence electrons. The number of aromatic nitrogens is 1. The van der Waals surface area contributed by atoms with Crippen molar-refractivity contribution in [1.29, 1.82) is 0 Å². The number of nitrogens with one attached hydrogen (secondary N) is 1. The van der Waals surface area contributed by atoms with E-state index in [1.54, 1.807) is 14.2 Å². The predicted molar refractivity (Wildman–Crippen MR) is 76.4 cm³/mol. The normalized spacial score (nSPS) is 13.4. The Morgan fingerprint density at radius 2 is 1.84 bits per heavy atom. The number of fused-ring (bicyclic) bond motifs is 2. The number of ether oxygens (including phenoxy) is 2. The van der Waals surface area contributed by atoms with Crippen LogP contribution in [0.3, 0.4) is 0 Å². The molecule has 0 aliphatic heterocycles. The number of pyridine rings is 1. The molecule has 1 aliphatic carbocycles. The summed E-state index contributed by atoms with van der Waals surface area (Å²) in [6.07, 6.45) is 3.28. The minimum atomic E-state index is 0.794. The standard InChI is InChI=1S/C15H18N2O2/c1-16-14-9-5-4-6-10(9)17-15-12(19-3)8-7-11(18-2)13(14)15/h7-8H,4-6H2,1-3H3,(H,16,17). The highest BCUT2D eigenvalue weighted by molar-refractivity contribution is 6.01. The lowest BCUT2D eigenvalue weighted by Crippen LogP contribution is -2.02. The molecule has 19 heavy (non-hydrogen) atoms. The Hall–Kier alpha value is -1.97. The third kappa shape index (κ3) is 1.70. The lowest BCUT2D eigenvalue weighted by atomic mass is 10.1.